The Labute approximate surface area is 119 Å². The Kier molecular flexibility index (Phi) is 4.41. The van der Waals surface area contributed by atoms with E-state index in [1.165, 1.54) is 11.1 Å². The van der Waals surface area contributed by atoms with Crippen molar-refractivity contribution in [1.82, 2.24) is 0 Å². The van der Waals surface area contributed by atoms with Crippen LogP contribution in [0.5, 0.6) is 0 Å². The second-order valence-corrected chi connectivity index (χ2v) is 4.96. The Hall–Kier alpha value is -2.29. The molecule has 0 fully saturated rings. The van der Waals surface area contributed by atoms with Gasteiger partial charge in [-0.15, -0.1) is 0 Å². The average Bonchev–Trinajstić information content (AvgIpc) is 2.46. The van der Waals surface area contributed by atoms with Crippen LogP contribution in [0.15, 0.2) is 48.5 Å². The number of carbonyl (C=O) groups is 1. The molecule has 3 nitrogen and oxygen atoms in total. The van der Waals surface area contributed by atoms with Gasteiger partial charge in [0, 0.05) is 11.3 Å². The van der Waals surface area contributed by atoms with Crippen molar-refractivity contribution in [2.24, 2.45) is 5.73 Å². The summed E-state index contributed by atoms with van der Waals surface area (Å²) in [5.41, 5.74) is 9.23. The van der Waals surface area contributed by atoms with Crippen molar-refractivity contribution in [3.05, 3.63) is 65.2 Å². The highest BCUT2D eigenvalue weighted by molar-refractivity contribution is 5.93. The zero-order valence-corrected chi connectivity index (χ0v) is 11.9. The fraction of sp³-hybridized carbons (Fsp3) is 0.235. The number of hydrogen-bond acceptors (Lipinski definition) is 2. The van der Waals surface area contributed by atoms with Crippen LogP contribution in [-0.4, -0.2) is 5.91 Å². The Morgan fingerprint density at radius 3 is 2.50 bits per heavy atom. The third-order valence-electron chi connectivity index (χ3n) is 3.38. The fourth-order valence-corrected chi connectivity index (χ4v) is 2.18. The van der Waals surface area contributed by atoms with Gasteiger partial charge in [-0.2, -0.15) is 0 Å². The SMILES string of the molecule is CCC(Nc1cccc(C(N)=O)c1)c1ccc(C)cc1. The summed E-state index contributed by atoms with van der Waals surface area (Å²) in [5, 5.41) is 3.45. The first-order valence-electron chi connectivity index (χ1n) is 6.83. The van der Waals surface area contributed by atoms with Crippen molar-refractivity contribution in [2.75, 3.05) is 5.32 Å². The van der Waals surface area contributed by atoms with Crippen LogP contribution in [0, 0.1) is 6.92 Å². The quantitative estimate of drug-likeness (QED) is 0.869. The van der Waals surface area contributed by atoms with E-state index < -0.39 is 5.91 Å². The molecule has 0 saturated heterocycles. The van der Waals surface area contributed by atoms with Crippen LogP contribution in [0.1, 0.15) is 40.9 Å². The summed E-state index contributed by atoms with van der Waals surface area (Å²) >= 11 is 0. The molecule has 0 aliphatic carbocycles. The van der Waals surface area contributed by atoms with Gasteiger partial charge in [0.15, 0.2) is 0 Å². The smallest absolute Gasteiger partial charge is 0.248 e. The number of primary amides is 1. The predicted octanol–water partition coefficient (Wildman–Crippen LogP) is 3.66. The van der Waals surface area contributed by atoms with E-state index in [2.05, 4.69) is 43.4 Å². The van der Waals surface area contributed by atoms with E-state index in [0.717, 1.165) is 12.1 Å². The highest BCUT2D eigenvalue weighted by Gasteiger charge is 2.09. The number of aryl methyl sites for hydroxylation is 1. The Balaban J connectivity index is 2.19. The van der Waals surface area contributed by atoms with Gasteiger partial charge in [-0.3, -0.25) is 4.79 Å². The molecule has 0 bridgehead atoms. The minimum absolute atomic E-state index is 0.221. The van der Waals surface area contributed by atoms with Crippen LogP contribution in [0.2, 0.25) is 0 Å². The number of rotatable bonds is 5. The van der Waals surface area contributed by atoms with Crippen LogP contribution >= 0.6 is 0 Å². The molecule has 3 heteroatoms. The molecule has 2 aromatic rings. The number of hydrogen-bond donors (Lipinski definition) is 2. The number of benzene rings is 2. The lowest BCUT2D eigenvalue weighted by Crippen LogP contribution is -2.13. The molecule has 104 valence electrons. The highest BCUT2D eigenvalue weighted by atomic mass is 16.1. The van der Waals surface area contributed by atoms with Crippen molar-refractivity contribution in [3.63, 3.8) is 0 Å². The van der Waals surface area contributed by atoms with Gasteiger partial charge < -0.3 is 11.1 Å². The maximum absolute atomic E-state index is 11.2. The van der Waals surface area contributed by atoms with Gasteiger partial charge in [0.2, 0.25) is 5.91 Å². The predicted molar refractivity (Wildman–Crippen MR) is 82.8 cm³/mol. The number of nitrogens with two attached hydrogens (primary N) is 1. The molecule has 0 aliphatic rings. The van der Waals surface area contributed by atoms with Crippen molar-refractivity contribution in [2.45, 2.75) is 26.3 Å². The van der Waals surface area contributed by atoms with Crippen molar-refractivity contribution in [1.29, 1.82) is 0 Å². The summed E-state index contributed by atoms with van der Waals surface area (Å²) in [4.78, 5) is 11.2. The van der Waals surface area contributed by atoms with E-state index in [0.29, 0.717) is 5.56 Å². The first-order chi connectivity index (χ1) is 9.60. The van der Waals surface area contributed by atoms with Crippen LogP contribution in [0.25, 0.3) is 0 Å². The first kappa shape index (κ1) is 14.1. The Morgan fingerprint density at radius 2 is 1.90 bits per heavy atom. The molecule has 1 amide bonds. The molecule has 1 atom stereocenters. The lowest BCUT2D eigenvalue weighted by atomic mass is 10.0. The van der Waals surface area contributed by atoms with Gasteiger partial charge in [0.05, 0.1) is 6.04 Å². The highest BCUT2D eigenvalue weighted by Crippen LogP contribution is 2.23. The average molecular weight is 268 g/mol. The third-order valence-corrected chi connectivity index (χ3v) is 3.38. The zero-order valence-electron chi connectivity index (χ0n) is 11.9. The van der Waals surface area contributed by atoms with E-state index >= 15 is 0 Å². The van der Waals surface area contributed by atoms with Crippen molar-refractivity contribution in [3.8, 4) is 0 Å². The number of anilines is 1. The second-order valence-electron chi connectivity index (χ2n) is 4.96. The first-order valence-corrected chi connectivity index (χ1v) is 6.83. The summed E-state index contributed by atoms with van der Waals surface area (Å²) in [5.74, 6) is -0.406. The molecule has 0 heterocycles. The monoisotopic (exact) mass is 268 g/mol. The largest absolute Gasteiger partial charge is 0.378 e. The fourth-order valence-electron chi connectivity index (χ4n) is 2.18. The summed E-state index contributed by atoms with van der Waals surface area (Å²) in [6, 6.07) is 16.0. The second kappa shape index (κ2) is 6.24. The van der Waals surface area contributed by atoms with Crippen LogP contribution < -0.4 is 11.1 Å². The zero-order chi connectivity index (χ0) is 14.5. The van der Waals surface area contributed by atoms with Gasteiger partial charge in [0.25, 0.3) is 0 Å². The van der Waals surface area contributed by atoms with Crippen LogP contribution in [0.3, 0.4) is 0 Å². The summed E-state index contributed by atoms with van der Waals surface area (Å²) < 4.78 is 0. The molecule has 3 N–H and O–H groups in total. The van der Waals surface area contributed by atoms with E-state index in [9.17, 15) is 4.79 Å². The molecule has 0 radical (unpaired) electrons. The third kappa shape index (κ3) is 3.38. The summed E-state index contributed by atoms with van der Waals surface area (Å²) in [7, 11) is 0. The Morgan fingerprint density at radius 1 is 1.20 bits per heavy atom. The minimum Gasteiger partial charge on any atom is -0.378 e. The lowest BCUT2D eigenvalue weighted by Gasteiger charge is -2.19. The number of amides is 1. The van der Waals surface area contributed by atoms with Crippen molar-refractivity contribution >= 4 is 11.6 Å². The van der Waals surface area contributed by atoms with Crippen molar-refractivity contribution < 1.29 is 4.79 Å². The molecule has 2 rings (SSSR count). The topological polar surface area (TPSA) is 55.1 Å². The molecule has 0 saturated carbocycles. The van der Waals surface area contributed by atoms with E-state index in [4.69, 9.17) is 5.73 Å². The van der Waals surface area contributed by atoms with Gasteiger partial charge in [0.1, 0.15) is 0 Å². The molecule has 2 aromatic carbocycles. The van der Waals surface area contributed by atoms with E-state index in [1.807, 2.05) is 12.1 Å². The molecule has 0 spiro atoms. The number of nitrogens with one attached hydrogen (secondary N) is 1. The van der Waals surface area contributed by atoms with Crippen LogP contribution in [-0.2, 0) is 0 Å². The van der Waals surface area contributed by atoms with E-state index in [1.54, 1.807) is 12.1 Å². The molecular weight excluding hydrogens is 248 g/mol. The maximum Gasteiger partial charge on any atom is 0.248 e. The summed E-state index contributed by atoms with van der Waals surface area (Å²) in [6.45, 7) is 4.21. The van der Waals surface area contributed by atoms with Gasteiger partial charge in [-0.05, 0) is 37.1 Å². The normalized spacial score (nSPS) is 11.9. The van der Waals surface area contributed by atoms with Gasteiger partial charge >= 0.3 is 0 Å². The van der Waals surface area contributed by atoms with Crippen LogP contribution in [0.4, 0.5) is 5.69 Å². The minimum atomic E-state index is -0.406. The summed E-state index contributed by atoms with van der Waals surface area (Å²) in [6.07, 6.45) is 0.962. The van der Waals surface area contributed by atoms with Gasteiger partial charge in [-0.1, -0.05) is 42.8 Å². The maximum atomic E-state index is 11.2. The molecule has 0 aromatic heterocycles. The van der Waals surface area contributed by atoms with Gasteiger partial charge in [-0.25, -0.2) is 0 Å². The standard InChI is InChI=1S/C17H20N2O/c1-3-16(13-9-7-12(2)8-10-13)19-15-6-4-5-14(11-15)17(18)20/h4-11,16,19H,3H2,1-2H3,(H2,18,20). The molecular formula is C17H20N2O. The van der Waals surface area contributed by atoms with E-state index in [-0.39, 0.29) is 6.04 Å². The number of carbonyl (C=O) groups excluding carboxylic acids is 1. The Bertz CT molecular complexity index is 590. The lowest BCUT2D eigenvalue weighted by molar-refractivity contribution is 0.100. The molecule has 0 aliphatic heterocycles. The molecule has 20 heavy (non-hydrogen) atoms. The molecule has 1 unspecified atom stereocenters.